The molecule has 0 aliphatic rings. The van der Waals surface area contributed by atoms with Crippen LogP contribution in [0.25, 0.3) is 0 Å². The van der Waals surface area contributed by atoms with E-state index in [4.69, 9.17) is 19.3 Å². The van der Waals surface area contributed by atoms with Crippen LogP contribution in [0.3, 0.4) is 0 Å². The second kappa shape index (κ2) is 6.74. The van der Waals surface area contributed by atoms with Gasteiger partial charge in [-0.25, -0.2) is 9.36 Å². The smallest absolute Gasteiger partial charge is 0.493 e. The molecular weight excluding hydrogens is 287 g/mol. The minimum absolute atomic E-state index is 0.0346. The van der Waals surface area contributed by atoms with Crippen LogP contribution in [0, 0.1) is 5.92 Å². The maximum atomic E-state index is 11.7. The quantitative estimate of drug-likeness (QED) is 0.612. The number of hydrogen-bond acceptors (Lipinski definition) is 5. The van der Waals surface area contributed by atoms with Gasteiger partial charge in [-0.1, -0.05) is 13.8 Å². The summed E-state index contributed by atoms with van der Waals surface area (Å²) in [6.45, 7) is 4.09. The number of hydrogen-bond donors (Lipinski definition) is 2. The number of phosphoric acid groups is 1. The van der Waals surface area contributed by atoms with Crippen molar-refractivity contribution in [2.24, 2.45) is 5.92 Å². The molecule has 0 amide bonds. The molecule has 0 heterocycles. The molecule has 0 saturated heterocycles. The van der Waals surface area contributed by atoms with Crippen LogP contribution in [0.15, 0.2) is 18.2 Å². The number of carbonyl (C=O) groups excluding carboxylic acids is 1. The molecule has 0 fully saturated rings. The van der Waals surface area contributed by atoms with Crippen LogP contribution >= 0.6 is 7.82 Å². The largest absolute Gasteiger partial charge is 0.524 e. The second-order valence-corrected chi connectivity index (χ2v) is 5.60. The van der Waals surface area contributed by atoms with Gasteiger partial charge in [0.05, 0.1) is 19.3 Å². The molecule has 7 nitrogen and oxygen atoms in total. The highest BCUT2D eigenvalue weighted by atomic mass is 31.2. The fraction of sp³-hybridized carbons (Fsp3) is 0.417. The zero-order valence-corrected chi connectivity index (χ0v) is 12.3. The highest BCUT2D eigenvalue weighted by Gasteiger charge is 2.20. The van der Waals surface area contributed by atoms with E-state index < -0.39 is 13.8 Å². The SMILES string of the molecule is COc1cc(C(=O)OCC(C)C)ccc1OP(=O)(O)O. The number of rotatable bonds is 6. The maximum absolute atomic E-state index is 11.7. The van der Waals surface area contributed by atoms with Crippen LogP contribution in [0.5, 0.6) is 11.5 Å². The first-order valence-corrected chi connectivity index (χ1v) is 7.36. The second-order valence-electron chi connectivity index (χ2n) is 4.44. The van der Waals surface area contributed by atoms with E-state index >= 15 is 0 Å². The first-order chi connectivity index (χ1) is 9.23. The number of methoxy groups -OCH3 is 1. The minimum Gasteiger partial charge on any atom is -0.493 e. The van der Waals surface area contributed by atoms with Gasteiger partial charge in [-0.15, -0.1) is 0 Å². The molecule has 1 aromatic carbocycles. The Morgan fingerprint density at radius 3 is 2.45 bits per heavy atom. The molecular formula is C12H17O7P. The van der Waals surface area contributed by atoms with E-state index in [0.717, 1.165) is 0 Å². The van der Waals surface area contributed by atoms with Gasteiger partial charge in [0, 0.05) is 0 Å². The summed E-state index contributed by atoms with van der Waals surface area (Å²) in [7, 11) is -3.39. The summed E-state index contributed by atoms with van der Waals surface area (Å²) in [4.78, 5) is 29.3. The lowest BCUT2D eigenvalue weighted by Crippen LogP contribution is -2.10. The average Bonchev–Trinajstić information content (AvgIpc) is 2.34. The summed E-state index contributed by atoms with van der Waals surface area (Å²) in [6.07, 6.45) is 0. The number of carbonyl (C=O) groups is 1. The number of esters is 1. The Labute approximate surface area is 116 Å². The van der Waals surface area contributed by atoms with Crippen molar-refractivity contribution in [3.05, 3.63) is 23.8 Å². The molecule has 0 bridgehead atoms. The van der Waals surface area contributed by atoms with Crippen LogP contribution in [-0.4, -0.2) is 29.5 Å². The highest BCUT2D eigenvalue weighted by Crippen LogP contribution is 2.42. The van der Waals surface area contributed by atoms with Crippen molar-refractivity contribution in [1.82, 2.24) is 0 Å². The molecule has 1 rings (SSSR count). The van der Waals surface area contributed by atoms with Crippen LogP contribution < -0.4 is 9.26 Å². The summed E-state index contributed by atoms with van der Waals surface area (Å²) >= 11 is 0. The van der Waals surface area contributed by atoms with Gasteiger partial charge in [-0.3, -0.25) is 9.79 Å². The third-order valence-corrected chi connectivity index (χ3v) is 2.60. The Morgan fingerprint density at radius 1 is 1.30 bits per heavy atom. The fourth-order valence-electron chi connectivity index (χ4n) is 1.32. The third kappa shape index (κ3) is 5.21. The summed E-state index contributed by atoms with van der Waals surface area (Å²) in [5.41, 5.74) is 0.209. The van der Waals surface area contributed by atoms with E-state index in [9.17, 15) is 9.36 Å². The van der Waals surface area contributed by atoms with Gasteiger partial charge in [0.15, 0.2) is 11.5 Å². The van der Waals surface area contributed by atoms with Crippen molar-refractivity contribution in [2.75, 3.05) is 13.7 Å². The lowest BCUT2D eigenvalue weighted by molar-refractivity contribution is 0.0458. The molecule has 2 N–H and O–H groups in total. The van der Waals surface area contributed by atoms with Crippen LogP contribution in [0.4, 0.5) is 0 Å². The van der Waals surface area contributed by atoms with E-state index in [2.05, 4.69) is 4.52 Å². The lowest BCUT2D eigenvalue weighted by Gasteiger charge is -2.12. The fourth-order valence-corrected chi connectivity index (χ4v) is 1.73. The van der Waals surface area contributed by atoms with Gasteiger partial charge in [0.25, 0.3) is 0 Å². The van der Waals surface area contributed by atoms with Crippen LogP contribution in [-0.2, 0) is 9.30 Å². The first kappa shape index (κ1) is 16.5. The van der Waals surface area contributed by atoms with E-state index in [-0.39, 0.29) is 29.6 Å². The summed E-state index contributed by atoms with van der Waals surface area (Å²) in [5, 5.41) is 0. The zero-order chi connectivity index (χ0) is 15.3. The molecule has 112 valence electrons. The maximum Gasteiger partial charge on any atom is 0.524 e. The predicted octanol–water partition coefficient (Wildman–Crippen LogP) is 1.98. The van der Waals surface area contributed by atoms with Gasteiger partial charge >= 0.3 is 13.8 Å². The van der Waals surface area contributed by atoms with Crippen molar-refractivity contribution in [2.45, 2.75) is 13.8 Å². The summed E-state index contributed by atoms with van der Waals surface area (Å²) < 4.78 is 25.2. The molecule has 0 unspecified atom stereocenters. The van der Waals surface area contributed by atoms with E-state index in [1.807, 2.05) is 13.8 Å². The van der Waals surface area contributed by atoms with E-state index in [1.54, 1.807) is 0 Å². The monoisotopic (exact) mass is 304 g/mol. The molecule has 0 aliphatic heterocycles. The minimum atomic E-state index is -4.69. The Balaban J connectivity index is 2.92. The molecule has 0 aliphatic carbocycles. The molecule has 20 heavy (non-hydrogen) atoms. The van der Waals surface area contributed by atoms with Crippen LogP contribution in [0.2, 0.25) is 0 Å². The number of phosphoric ester groups is 1. The third-order valence-electron chi connectivity index (χ3n) is 2.16. The van der Waals surface area contributed by atoms with Gasteiger partial charge in [0.2, 0.25) is 0 Å². The van der Waals surface area contributed by atoms with Gasteiger partial charge in [-0.05, 0) is 24.1 Å². The normalized spacial score (nSPS) is 11.3. The molecule has 1 aromatic rings. The van der Waals surface area contributed by atoms with Gasteiger partial charge in [0.1, 0.15) is 0 Å². The summed E-state index contributed by atoms with van der Waals surface area (Å²) in [5.74, 6) is -0.452. The Bertz CT molecular complexity index is 521. The number of ether oxygens (including phenoxy) is 2. The molecule has 0 saturated carbocycles. The van der Waals surface area contributed by atoms with E-state index in [1.165, 1.54) is 25.3 Å². The Morgan fingerprint density at radius 2 is 1.95 bits per heavy atom. The van der Waals surface area contributed by atoms with Gasteiger partial charge < -0.3 is 14.0 Å². The molecule has 8 heteroatoms. The number of benzene rings is 1. The van der Waals surface area contributed by atoms with Gasteiger partial charge in [-0.2, -0.15) is 0 Å². The highest BCUT2D eigenvalue weighted by molar-refractivity contribution is 7.46. The van der Waals surface area contributed by atoms with Crippen molar-refractivity contribution < 1.29 is 33.1 Å². The van der Waals surface area contributed by atoms with Crippen molar-refractivity contribution in [3.8, 4) is 11.5 Å². The molecule has 0 spiro atoms. The van der Waals surface area contributed by atoms with Crippen LogP contribution in [0.1, 0.15) is 24.2 Å². The Kier molecular flexibility index (Phi) is 5.56. The van der Waals surface area contributed by atoms with Crippen molar-refractivity contribution >= 4 is 13.8 Å². The van der Waals surface area contributed by atoms with E-state index in [0.29, 0.717) is 0 Å². The topological polar surface area (TPSA) is 102 Å². The average molecular weight is 304 g/mol. The first-order valence-electron chi connectivity index (χ1n) is 5.83. The van der Waals surface area contributed by atoms with Crippen molar-refractivity contribution in [3.63, 3.8) is 0 Å². The Hall–Kier alpha value is -1.56. The predicted molar refractivity (Wildman–Crippen MR) is 70.8 cm³/mol. The molecule has 0 atom stereocenters. The molecule has 0 radical (unpaired) electrons. The standard InChI is InChI=1S/C12H17O7P/c1-8(2)7-18-12(13)9-4-5-10(11(6-9)17-3)19-20(14,15)16/h4-6,8H,7H2,1-3H3,(H2,14,15,16). The summed E-state index contributed by atoms with van der Waals surface area (Å²) in [6, 6.07) is 3.88. The van der Waals surface area contributed by atoms with Crippen molar-refractivity contribution in [1.29, 1.82) is 0 Å². The molecule has 0 aromatic heterocycles. The zero-order valence-electron chi connectivity index (χ0n) is 11.4. The lowest BCUT2D eigenvalue weighted by atomic mass is 10.2.